The second-order valence-electron chi connectivity index (χ2n) is 13.0. The Morgan fingerprint density at radius 2 is 1.11 bits per heavy atom. The number of benzene rings is 1. The summed E-state index contributed by atoms with van der Waals surface area (Å²) in [6, 6.07) is -7.07. The zero-order valence-corrected chi connectivity index (χ0v) is 30.4. The highest BCUT2D eigenvalue weighted by Crippen LogP contribution is 2.41. The summed E-state index contributed by atoms with van der Waals surface area (Å²) in [6.45, 7) is 7.02. The predicted octanol–water partition coefficient (Wildman–Crippen LogP) is -2.92. The van der Waals surface area contributed by atoms with E-state index in [1.54, 1.807) is 26.8 Å². The van der Waals surface area contributed by atoms with E-state index in [9.17, 15) is 63.3 Å². The average Bonchev–Trinajstić information content (AvgIpc) is 3.02. The van der Waals surface area contributed by atoms with Gasteiger partial charge in [-0.2, -0.15) is 12.6 Å². The lowest BCUT2D eigenvalue weighted by molar-refractivity contribution is -0.145. The van der Waals surface area contributed by atoms with Gasteiger partial charge in [-0.3, -0.25) is 43.2 Å². The van der Waals surface area contributed by atoms with Crippen LogP contribution in [0.5, 0.6) is 5.75 Å². The summed E-state index contributed by atoms with van der Waals surface area (Å²) in [5.41, 5.74) is 6.70. The highest BCUT2D eigenvalue weighted by Gasteiger charge is 2.46. The molecule has 54 heavy (non-hydrogen) atoms. The molecule has 21 nitrogen and oxygen atoms in total. The molecule has 1 aliphatic rings. The highest BCUT2D eigenvalue weighted by atomic mass is 32.1. The fraction of sp³-hybridized carbons (Fsp3) is 0.500. The minimum absolute atomic E-state index is 0.318. The first-order valence-electron chi connectivity index (χ1n) is 16.1. The van der Waals surface area contributed by atoms with Gasteiger partial charge in [0.2, 0.25) is 29.5 Å². The van der Waals surface area contributed by atoms with Crippen LogP contribution >= 0.6 is 12.6 Å². The lowest BCUT2D eigenvalue weighted by atomic mass is 9.73. The van der Waals surface area contributed by atoms with Crippen molar-refractivity contribution in [1.82, 2.24) is 26.6 Å². The molecule has 296 valence electrons. The molecule has 0 saturated heterocycles. The van der Waals surface area contributed by atoms with Crippen LogP contribution in [0.1, 0.15) is 56.2 Å². The van der Waals surface area contributed by atoms with E-state index < -0.39 is 132 Å². The molecule has 1 aromatic rings. The number of hydrogen-bond donors (Lipinski definition) is 11. The van der Waals surface area contributed by atoms with E-state index >= 15 is 0 Å². The Hall–Kier alpha value is -5.77. The van der Waals surface area contributed by atoms with Crippen LogP contribution in [0.3, 0.4) is 0 Å². The van der Waals surface area contributed by atoms with Crippen LogP contribution in [-0.4, -0.2) is 122 Å². The summed E-state index contributed by atoms with van der Waals surface area (Å²) >= 11 is 4.08. The number of aryl methyl sites for hydroxylation is 2. The van der Waals surface area contributed by atoms with Gasteiger partial charge in [0, 0.05) is 16.7 Å². The normalized spacial score (nSPS) is 17.1. The van der Waals surface area contributed by atoms with Crippen molar-refractivity contribution < 1.29 is 73.1 Å². The molecule has 1 heterocycles. The topological polar surface area (TPSA) is 347 Å². The summed E-state index contributed by atoms with van der Waals surface area (Å²) in [6.07, 6.45) is -4.35. The van der Waals surface area contributed by atoms with Crippen molar-refractivity contribution in [1.29, 1.82) is 0 Å². The maximum absolute atomic E-state index is 13.4. The summed E-state index contributed by atoms with van der Waals surface area (Å²) in [7, 11) is 0. The molecule has 1 aliphatic heterocycles. The highest BCUT2D eigenvalue weighted by molar-refractivity contribution is 7.80. The molecule has 5 amide bonds. The molecule has 0 unspecified atom stereocenters. The zero-order chi connectivity index (χ0) is 41.2. The zero-order valence-electron chi connectivity index (χ0n) is 29.5. The number of esters is 1. The first kappa shape index (κ1) is 44.4. The quantitative estimate of drug-likeness (QED) is 0.0380. The van der Waals surface area contributed by atoms with Gasteiger partial charge in [-0.05, 0) is 31.0 Å². The van der Waals surface area contributed by atoms with Crippen LogP contribution < -0.4 is 37.1 Å². The van der Waals surface area contributed by atoms with E-state index in [2.05, 4.69) is 23.3 Å². The number of nitrogens with one attached hydrogen (secondary N) is 5. The first-order valence-corrected chi connectivity index (χ1v) is 16.7. The second kappa shape index (κ2) is 18.8. The number of hydrogen-bond acceptors (Lipinski definition) is 13. The van der Waals surface area contributed by atoms with Gasteiger partial charge < -0.3 is 57.5 Å². The summed E-state index contributed by atoms with van der Waals surface area (Å²) in [5.74, 6) is -13.7. The lowest BCUT2D eigenvalue weighted by Gasteiger charge is -2.40. The Morgan fingerprint density at radius 3 is 1.52 bits per heavy atom. The van der Waals surface area contributed by atoms with Crippen molar-refractivity contribution in [2.45, 2.75) is 95.0 Å². The van der Waals surface area contributed by atoms with Crippen LogP contribution in [-0.2, 0) is 53.4 Å². The molecule has 0 bridgehead atoms. The lowest BCUT2D eigenvalue weighted by Crippen LogP contribution is -2.62. The van der Waals surface area contributed by atoms with Crippen LogP contribution in [0.4, 0.5) is 0 Å². The number of amides is 5. The van der Waals surface area contributed by atoms with Crippen molar-refractivity contribution in [2.24, 2.45) is 5.73 Å². The second-order valence-corrected chi connectivity index (χ2v) is 13.3. The van der Waals surface area contributed by atoms with Gasteiger partial charge in [0.1, 0.15) is 36.0 Å². The van der Waals surface area contributed by atoms with Gasteiger partial charge in [-0.1, -0.05) is 19.9 Å². The Bertz CT molecular complexity index is 1720. The van der Waals surface area contributed by atoms with Crippen LogP contribution in [0, 0.1) is 13.8 Å². The largest absolute Gasteiger partial charge is 0.481 e. The number of carboxylic acids is 4. The average molecular weight is 783 g/mol. The van der Waals surface area contributed by atoms with Gasteiger partial charge in [0.05, 0.1) is 31.7 Å². The summed E-state index contributed by atoms with van der Waals surface area (Å²) in [4.78, 5) is 124. The van der Waals surface area contributed by atoms with Gasteiger partial charge in [-0.25, -0.2) is 4.79 Å². The fourth-order valence-electron chi connectivity index (χ4n) is 5.65. The molecular formula is C32H42N6O15S. The number of ether oxygens (including phenoxy) is 1. The maximum atomic E-state index is 13.4. The van der Waals surface area contributed by atoms with E-state index in [1.165, 1.54) is 0 Å². The van der Waals surface area contributed by atoms with Gasteiger partial charge in [-0.15, -0.1) is 0 Å². The maximum Gasteiger partial charge on any atom is 0.334 e. The molecule has 0 saturated carbocycles. The minimum atomic E-state index is -2.10. The van der Waals surface area contributed by atoms with E-state index in [1.807, 2.05) is 28.9 Å². The number of nitrogens with two attached hydrogens (primary N) is 1. The number of carbonyl (C=O) groups excluding carboxylic acids is 6. The van der Waals surface area contributed by atoms with Gasteiger partial charge >= 0.3 is 29.8 Å². The van der Waals surface area contributed by atoms with Crippen LogP contribution in [0.25, 0.3) is 0 Å². The summed E-state index contributed by atoms with van der Waals surface area (Å²) < 4.78 is 5.50. The van der Waals surface area contributed by atoms with Crippen molar-refractivity contribution in [3.63, 3.8) is 0 Å². The third-order valence-electron chi connectivity index (χ3n) is 8.12. The molecule has 0 radical (unpaired) electrons. The predicted molar refractivity (Wildman–Crippen MR) is 185 cm³/mol. The molecular weight excluding hydrogens is 740 g/mol. The SMILES string of the molecule is Cc1cc(C)c2c(c1)OC(=O)[C@@H](NC(=O)[C@H](CS)NC(=O)[C@H](CC(=O)O)NC(=O)[C@H](CC(=O)O)NC(=O)[C@H](CC(=O)O)NC(=O)[C@@H](N)CC(=O)O)C2(C)C. The number of carbonyl (C=O) groups is 10. The Morgan fingerprint density at radius 1 is 0.704 bits per heavy atom. The molecule has 0 fully saturated rings. The molecule has 6 atom stereocenters. The van der Waals surface area contributed by atoms with Gasteiger partial charge in [0.25, 0.3) is 0 Å². The van der Waals surface area contributed by atoms with Gasteiger partial charge in [0.15, 0.2) is 0 Å². The molecule has 1 aromatic carbocycles. The third-order valence-corrected chi connectivity index (χ3v) is 8.49. The third kappa shape index (κ3) is 12.1. The van der Waals surface area contributed by atoms with E-state index in [0.717, 1.165) is 11.1 Å². The molecule has 22 heteroatoms. The number of fused-ring (bicyclic) bond motifs is 1. The number of rotatable bonds is 19. The van der Waals surface area contributed by atoms with E-state index in [4.69, 9.17) is 15.6 Å². The molecule has 2 rings (SSSR count). The number of carboxylic acid groups (broad SMARTS) is 4. The Balaban J connectivity index is 2.27. The van der Waals surface area contributed by atoms with Crippen molar-refractivity contribution in [3.8, 4) is 5.75 Å². The van der Waals surface area contributed by atoms with Crippen molar-refractivity contribution >= 4 is 72.0 Å². The minimum Gasteiger partial charge on any atom is -0.481 e. The Labute approximate surface area is 312 Å². The Kier molecular flexibility index (Phi) is 15.5. The van der Waals surface area contributed by atoms with Crippen LogP contribution in [0.15, 0.2) is 12.1 Å². The summed E-state index contributed by atoms with van der Waals surface area (Å²) in [5, 5.41) is 47.4. The standard InChI is InChI=1S/C32H42N6O15S/c1-12-5-13(2)24-19(6-12)53-31(52)25(32(24,3)4)38-30(51)18(11-54)37-29(50)17(10-23(45)46)36-28(49)16(9-22(43)44)35-27(48)15(8-21(41)42)34-26(47)14(33)7-20(39)40/h5-6,14-18,25,54H,7-11,33H2,1-4H3,(H,34,47)(H,35,48)(H,36,49)(H,37,50)(H,38,51)(H,39,40)(H,41,42)(H,43,44)(H,45,46)/t14-,15-,16-,17-,18-,25+/m0/s1. The molecule has 0 spiro atoms. The number of aliphatic carboxylic acids is 4. The van der Waals surface area contributed by atoms with E-state index in [-0.39, 0.29) is 0 Å². The van der Waals surface area contributed by atoms with E-state index in [0.29, 0.717) is 11.3 Å². The van der Waals surface area contributed by atoms with Crippen molar-refractivity contribution in [2.75, 3.05) is 5.75 Å². The van der Waals surface area contributed by atoms with Crippen LogP contribution in [0.2, 0.25) is 0 Å². The monoisotopic (exact) mass is 782 g/mol. The molecule has 0 aliphatic carbocycles. The fourth-order valence-corrected chi connectivity index (χ4v) is 5.90. The smallest absolute Gasteiger partial charge is 0.334 e. The molecule has 11 N–H and O–H groups in total. The van der Waals surface area contributed by atoms with Crippen molar-refractivity contribution in [3.05, 3.63) is 28.8 Å². The molecule has 0 aromatic heterocycles. The first-order chi connectivity index (χ1) is 25.0. The number of thiol groups is 1.